The molecule has 116 valence electrons. The molecular weight excluding hydrogens is 270 g/mol. The first-order valence-electron chi connectivity index (χ1n) is 7.09. The van der Waals surface area contributed by atoms with Gasteiger partial charge in [0.15, 0.2) is 0 Å². The number of nitrogens with zero attached hydrogens (tertiary/aromatic N) is 2. The Labute approximate surface area is 125 Å². The highest BCUT2D eigenvalue weighted by Gasteiger charge is 2.26. The van der Waals surface area contributed by atoms with Crippen molar-refractivity contribution in [2.75, 3.05) is 18.9 Å². The van der Waals surface area contributed by atoms with Crippen LogP contribution >= 0.6 is 0 Å². The van der Waals surface area contributed by atoms with Crippen LogP contribution in [-0.2, 0) is 0 Å². The summed E-state index contributed by atoms with van der Waals surface area (Å²) < 4.78 is 0. The maximum Gasteiger partial charge on any atom is 0.282 e. The molecule has 6 nitrogen and oxygen atoms in total. The minimum atomic E-state index is -0.517. The fraction of sp³-hybridized carbons (Fsp3) is 0.533. The molecule has 1 rings (SSSR count). The third-order valence-corrected chi connectivity index (χ3v) is 3.70. The molecule has 21 heavy (non-hydrogen) atoms. The predicted octanol–water partition coefficient (Wildman–Crippen LogP) is 3.14. The number of hydrogen-bond donors (Lipinski definition) is 1. The Morgan fingerprint density at radius 2 is 2.00 bits per heavy atom. The predicted molar refractivity (Wildman–Crippen MR) is 83.7 cm³/mol. The minimum Gasteiger partial charge on any atom is -0.385 e. The second kappa shape index (κ2) is 7.06. The lowest BCUT2D eigenvalue weighted by Crippen LogP contribution is -2.38. The molecule has 0 bridgehead atoms. The molecular formula is C15H23N3O3. The van der Waals surface area contributed by atoms with Crippen molar-refractivity contribution in [1.29, 1.82) is 0 Å². The van der Waals surface area contributed by atoms with E-state index < -0.39 is 4.92 Å². The zero-order valence-corrected chi connectivity index (χ0v) is 13.2. The Bertz CT molecular complexity index is 529. The molecule has 6 heteroatoms. The van der Waals surface area contributed by atoms with Crippen molar-refractivity contribution < 1.29 is 9.72 Å². The van der Waals surface area contributed by atoms with Gasteiger partial charge in [0, 0.05) is 31.4 Å². The van der Waals surface area contributed by atoms with Crippen LogP contribution in [0.2, 0.25) is 0 Å². The van der Waals surface area contributed by atoms with Gasteiger partial charge in [-0.05, 0) is 31.9 Å². The molecule has 1 unspecified atom stereocenters. The maximum atomic E-state index is 12.6. The van der Waals surface area contributed by atoms with E-state index in [2.05, 4.69) is 5.32 Å². The van der Waals surface area contributed by atoms with Gasteiger partial charge in [-0.25, -0.2) is 0 Å². The molecule has 0 radical (unpaired) electrons. The molecule has 0 aliphatic carbocycles. The van der Waals surface area contributed by atoms with Crippen molar-refractivity contribution >= 4 is 17.3 Å². The lowest BCUT2D eigenvalue weighted by molar-refractivity contribution is -0.385. The van der Waals surface area contributed by atoms with Crippen molar-refractivity contribution in [3.05, 3.63) is 33.9 Å². The third kappa shape index (κ3) is 3.93. The highest BCUT2D eigenvalue weighted by molar-refractivity contribution is 5.99. The number of nitrogens with one attached hydrogen (secondary N) is 1. The quantitative estimate of drug-likeness (QED) is 0.645. The van der Waals surface area contributed by atoms with Gasteiger partial charge in [-0.3, -0.25) is 14.9 Å². The Morgan fingerprint density at radius 3 is 2.48 bits per heavy atom. The highest BCUT2D eigenvalue weighted by atomic mass is 16.6. The average Bonchev–Trinajstić information content (AvgIpc) is 2.44. The van der Waals surface area contributed by atoms with Crippen LogP contribution in [0.1, 0.15) is 38.1 Å². The van der Waals surface area contributed by atoms with Gasteiger partial charge in [0.2, 0.25) is 0 Å². The lowest BCUT2D eigenvalue weighted by Gasteiger charge is -2.28. The number of rotatable bonds is 6. The second-order valence-corrected chi connectivity index (χ2v) is 5.42. The van der Waals surface area contributed by atoms with Crippen LogP contribution in [-0.4, -0.2) is 35.4 Å². The van der Waals surface area contributed by atoms with E-state index >= 15 is 0 Å². The van der Waals surface area contributed by atoms with Gasteiger partial charge in [0.1, 0.15) is 5.56 Å². The number of nitro groups is 1. The molecule has 0 saturated heterocycles. The largest absolute Gasteiger partial charge is 0.385 e. The lowest BCUT2D eigenvalue weighted by atomic mass is 10.0. The molecule has 0 aliphatic heterocycles. The minimum absolute atomic E-state index is 0.0000977. The Hall–Kier alpha value is -2.11. The summed E-state index contributed by atoms with van der Waals surface area (Å²) in [4.78, 5) is 24.7. The number of carbonyl (C=O) groups excluding carboxylic acids is 1. The van der Waals surface area contributed by atoms with E-state index in [0.29, 0.717) is 12.2 Å². The van der Waals surface area contributed by atoms with Crippen LogP contribution in [0, 0.1) is 16.0 Å². The number of nitro benzene ring substituents is 1. The first kappa shape index (κ1) is 16.9. The topological polar surface area (TPSA) is 75.5 Å². The Kier molecular flexibility index (Phi) is 5.69. The molecule has 0 saturated carbocycles. The van der Waals surface area contributed by atoms with Crippen molar-refractivity contribution in [1.82, 2.24) is 4.90 Å². The van der Waals surface area contributed by atoms with Gasteiger partial charge in [0.05, 0.1) is 4.92 Å². The first-order chi connectivity index (χ1) is 9.79. The first-order valence-corrected chi connectivity index (χ1v) is 7.09. The molecule has 0 aliphatic rings. The van der Waals surface area contributed by atoms with Crippen molar-refractivity contribution in [2.24, 2.45) is 5.92 Å². The van der Waals surface area contributed by atoms with Crippen molar-refractivity contribution in [2.45, 2.75) is 33.7 Å². The summed E-state index contributed by atoms with van der Waals surface area (Å²) in [5, 5.41) is 14.2. The van der Waals surface area contributed by atoms with Gasteiger partial charge >= 0.3 is 0 Å². The molecule has 0 aromatic heterocycles. The molecule has 1 amide bonds. The van der Waals surface area contributed by atoms with Crippen molar-refractivity contribution in [3.8, 4) is 0 Å². The SMILES string of the molecule is CCNc1ccc([N+](=O)[O-])c(C(=O)N(C)C(C)C(C)C)c1. The van der Waals surface area contributed by atoms with Gasteiger partial charge in [0.25, 0.3) is 11.6 Å². The second-order valence-electron chi connectivity index (χ2n) is 5.42. The fourth-order valence-electron chi connectivity index (χ4n) is 2.00. The van der Waals surface area contributed by atoms with Gasteiger partial charge in [-0.2, -0.15) is 0 Å². The van der Waals surface area contributed by atoms with E-state index in [1.54, 1.807) is 24.1 Å². The molecule has 1 aromatic carbocycles. The number of amides is 1. The van der Waals surface area contributed by atoms with Crippen LogP contribution in [0.5, 0.6) is 0 Å². The monoisotopic (exact) mass is 293 g/mol. The van der Waals surface area contributed by atoms with E-state index in [-0.39, 0.29) is 29.1 Å². The number of hydrogen-bond acceptors (Lipinski definition) is 4. The number of carbonyl (C=O) groups is 1. The molecule has 0 heterocycles. The van der Waals surface area contributed by atoms with Crippen molar-refractivity contribution in [3.63, 3.8) is 0 Å². The maximum absolute atomic E-state index is 12.6. The normalized spacial score (nSPS) is 12.1. The van der Waals surface area contributed by atoms with E-state index in [0.717, 1.165) is 0 Å². The third-order valence-electron chi connectivity index (χ3n) is 3.70. The van der Waals surface area contributed by atoms with Crippen LogP contribution in [0.4, 0.5) is 11.4 Å². The van der Waals surface area contributed by atoms with Crippen LogP contribution in [0.3, 0.4) is 0 Å². The van der Waals surface area contributed by atoms with E-state index in [1.807, 2.05) is 27.7 Å². The molecule has 0 spiro atoms. The van der Waals surface area contributed by atoms with Crippen LogP contribution < -0.4 is 5.32 Å². The smallest absolute Gasteiger partial charge is 0.282 e. The van der Waals surface area contributed by atoms with E-state index in [9.17, 15) is 14.9 Å². The summed E-state index contributed by atoms with van der Waals surface area (Å²) in [5.41, 5.74) is 0.662. The van der Waals surface area contributed by atoms with Gasteiger partial charge < -0.3 is 10.2 Å². The van der Waals surface area contributed by atoms with Gasteiger partial charge in [-0.15, -0.1) is 0 Å². The zero-order valence-electron chi connectivity index (χ0n) is 13.2. The summed E-state index contributed by atoms with van der Waals surface area (Å²) >= 11 is 0. The highest BCUT2D eigenvalue weighted by Crippen LogP contribution is 2.25. The van der Waals surface area contributed by atoms with Gasteiger partial charge in [-0.1, -0.05) is 13.8 Å². The Morgan fingerprint density at radius 1 is 1.38 bits per heavy atom. The molecule has 1 N–H and O–H groups in total. The summed E-state index contributed by atoms with van der Waals surface area (Å²) in [5.74, 6) is -0.0578. The molecule has 1 aromatic rings. The zero-order chi connectivity index (χ0) is 16.2. The van der Waals surface area contributed by atoms with Crippen LogP contribution in [0.25, 0.3) is 0 Å². The summed E-state index contributed by atoms with van der Waals surface area (Å²) in [6.45, 7) is 8.57. The Balaban J connectivity index is 3.21. The molecule has 1 atom stereocenters. The summed E-state index contributed by atoms with van der Waals surface area (Å²) in [6.07, 6.45) is 0. The fourth-order valence-corrected chi connectivity index (χ4v) is 2.00. The van der Waals surface area contributed by atoms with E-state index in [1.165, 1.54) is 6.07 Å². The summed E-state index contributed by atoms with van der Waals surface area (Å²) in [6, 6.07) is 4.54. The number of anilines is 1. The average molecular weight is 293 g/mol. The standard InChI is InChI=1S/C15H23N3O3/c1-6-16-12-7-8-14(18(20)21)13(9-12)15(19)17(5)11(4)10(2)3/h7-11,16H,6H2,1-5H3. The van der Waals surface area contributed by atoms with Crippen LogP contribution in [0.15, 0.2) is 18.2 Å². The molecule has 0 fully saturated rings. The summed E-state index contributed by atoms with van der Waals surface area (Å²) in [7, 11) is 1.68. The van der Waals surface area contributed by atoms with E-state index in [4.69, 9.17) is 0 Å². The number of benzene rings is 1.